The van der Waals surface area contributed by atoms with Gasteiger partial charge < -0.3 is 14.9 Å². The smallest absolute Gasteiger partial charge is 0.148 e. The molecule has 2 aromatic rings. The highest BCUT2D eigenvalue weighted by molar-refractivity contribution is 9.10. The quantitative estimate of drug-likeness (QED) is 0.336. The first-order valence-corrected chi connectivity index (χ1v) is 8.51. The zero-order valence-electron chi connectivity index (χ0n) is 14.1. The first kappa shape index (κ1) is 18.3. The highest BCUT2D eigenvalue weighted by atomic mass is 79.9. The second-order valence-corrected chi connectivity index (χ2v) is 6.08. The minimum atomic E-state index is 0.559. The summed E-state index contributed by atoms with van der Waals surface area (Å²) in [4.78, 5) is 4.65. The number of hydrogen-bond acceptors (Lipinski definition) is 4. The summed E-state index contributed by atoms with van der Waals surface area (Å²) < 4.78 is 11.9. The molecular weight excluding hydrogens is 370 g/mol. The molecule has 0 aliphatic rings. The van der Waals surface area contributed by atoms with E-state index in [-0.39, 0.29) is 0 Å². The molecule has 3 N–H and O–H groups in total. The third-order valence-electron chi connectivity index (χ3n) is 3.45. The van der Waals surface area contributed by atoms with Crippen LogP contribution in [0.4, 0.5) is 5.69 Å². The molecule has 0 saturated heterocycles. The number of amidine groups is 1. The van der Waals surface area contributed by atoms with E-state index in [9.17, 15) is 0 Å². The van der Waals surface area contributed by atoms with Gasteiger partial charge >= 0.3 is 0 Å². The molecule has 0 spiro atoms. The number of benzene rings is 2. The van der Waals surface area contributed by atoms with Gasteiger partial charge in [-0.15, -0.1) is 0 Å². The second-order valence-electron chi connectivity index (χ2n) is 5.22. The monoisotopic (exact) mass is 391 g/mol. The number of hydrogen-bond donors (Lipinski definition) is 2. The Morgan fingerprint density at radius 2 is 2.00 bits per heavy atom. The van der Waals surface area contributed by atoms with Crippen LogP contribution < -0.4 is 20.7 Å². The van der Waals surface area contributed by atoms with E-state index in [1.807, 2.05) is 43.3 Å². The van der Waals surface area contributed by atoms with Crippen LogP contribution in [0.5, 0.6) is 11.5 Å². The van der Waals surface area contributed by atoms with Crippen molar-refractivity contribution in [3.05, 3.63) is 52.0 Å². The van der Waals surface area contributed by atoms with E-state index < -0.39 is 0 Å². The molecule has 0 aliphatic carbocycles. The van der Waals surface area contributed by atoms with Crippen molar-refractivity contribution >= 4 is 27.5 Å². The van der Waals surface area contributed by atoms with Gasteiger partial charge in [0.25, 0.3) is 0 Å². The van der Waals surface area contributed by atoms with Gasteiger partial charge in [-0.2, -0.15) is 0 Å². The van der Waals surface area contributed by atoms with Gasteiger partial charge in [-0.25, -0.2) is 10.8 Å². The molecule has 0 aromatic heterocycles. The molecule has 0 amide bonds. The molecule has 2 aromatic carbocycles. The van der Waals surface area contributed by atoms with Gasteiger partial charge in [-0.05, 0) is 59.1 Å². The summed E-state index contributed by atoms with van der Waals surface area (Å²) in [5.74, 6) is 7.78. The fourth-order valence-electron chi connectivity index (χ4n) is 2.24. The van der Waals surface area contributed by atoms with Crippen molar-refractivity contribution in [1.29, 1.82) is 0 Å². The molecule has 2 rings (SSSR count). The van der Waals surface area contributed by atoms with Crippen molar-refractivity contribution in [2.45, 2.75) is 20.3 Å². The van der Waals surface area contributed by atoms with Crippen molar-refractivity contribution in [2.75, 3.05) is 13.7 Å². The molecule has 0 fully saturated rings. The van der Waals surface area contributed by atoms with Crippen LogP contribution in [0.1, 0.15) is 24.5 Å². The largest absolute Gasteiger partial charge is 0.496 e. The highest BCUT2D eigenvalue weighted by Crippen LogP contribution is 2.31. The molecule has 0 aliphatic heterocycles. The Hall–Kier alpha value is -2.05. The van der Waals surface area contributed by atoms with Crippen LogP contribution in [0, 0.1) is 6.92 Å². The molecule has 24 heavy (non-hydrogen) atoms. The fourth-order valence-corrected chi connectivity index (χ4v) is 2.75. The van der Waals surface area contributed by atoms with Crippen LogP contribution in [0.3, 0.4) is 0 Å². The molecule has 6 heteroatoms. The summed E-state index contributed by atoms with van der Waals surface area (Å²) in [6.07, 6.45) is 0.935. The fraction of sp³-hybridized carbons (Fsp3) is 0.278. The van der Waals surface area contributed by atoms with Crippen LogP contribution in [0.2, 0.25) is 0 Å². The summed E-state index contributed by atoms with van der Waals surface area (Å²) in [7, 11) is 1.64. The Morgan fingerprint density at radius 3 is 2.67 bits per heavy atom. The van der Waals surface area contributed by atoms with Gasteiger partial charge in [-0.1, -0.05) is 19.1 Å². The highest BCUT2D eigenvalue weighted by Gasteiger charge is 2.12. The van der Waals surface area contributed by atoms with Gasteiger partial charge in [-0.3, -0.25) is 0 Å². The van der Waals surface area contributed by atoms with Crippen molar-refractivity contribution in [3.63, 3.8) is 0 Å². The van der Waals surface area contributed by atoms with Gasteiger partial charge in [0.05, 0.1) is 18.2 Å². The molecule has 0 atom stereocenters. The van der Waals surface area contributed by atoms with Crippen LogP contribution in [0.25, 0.3) is 0 Å². The predicted octanol–water partition coefficient (Wildman–Crippen LogP) is 4.10. The lowest BCUT2D eigenvalue weighted by Gasteiger charge is -2.13. The van der Waals surface area contributed by atoms with Crippen molar-refractivity contribution in [2.24, 2.45) is 10.8 Å². The summed E-state index contributed by atoms with van der Waals surface area (Å²) in [5, 5.41) is 0. The van der Waals surface area contributed by atoms with E-state index in [1.54, 1.807) is 7.11 Å². The van der Waals surface area contributed by atoms with Crippen LogP contribution in [-0.4, -0.2) is 19.6 Å². The number of halogens is 1. The molecule has 5 nitrogen and oxygen atoms in total. The molecule has 0 heterocycles. The minimum absolute atomic E-state index is 0.559. The average molecular weight is 392 g/mol. The molecular formula is C18H22BrN3O2. The maximum Gasteiger partial charge on any atom is 0.148 e. The molecule has 0 bridgehead atoms. The van der Waals surface area contributed by atoms with E-state index in [4.69, 9.17) is 15.3 Å². The number of para-hydroxylation sites is 2. The molecule has 128 valence electrons. The topological polar surface area (TPSA) is 68.9 Å². The summed E-state index contributed by atoms with van der Waals surface area (Å²) >= 11 is 3.50. The lowest BCUT2D eigenvalue weighted by Crippen LogP contribution is -2.31. The average Bonchev–Trinajstić information content (AvgIpc) is 2.60. The molecule has 0 saturated carbocycles. The Bertz CT molecular complexity index is 732. The number of nitrogens with zero attached hydrogens (tertiary/aromatic N) is 1. The second kappa shape index (κ2) is 8.70. The maximum atomic E-state index is 5.75. The maximum absolute atomic E-state index is 5.75. The first-order valence-electron chi connectivity index (χ1n) is 7.72. The molecule has 0 unspecified atom stereocenters. The van der Waals surface area contributed by atoms with Crippen LogP contribution in [-0.2, 0) is 0 Å². The van der Waals surface area contributed by atoms with Crippen molar-refractivity contribution in [3.8, 4) is 11.5 Å². The summed E-state index contributed by atoms with van der Waals surface area (Å²) in [6, 6.07) is 11.5. The number of hydrazine groups is 1. The summed E-state index contributed by atoms with van der Waals surface area (Å²) in [5.41, 5.74) is 5.30. The number of nitrogens with two attached hydrogens (primary N) is 1. The van der Waals surface area contributed by atoms with Crippen molar-refractivity contribution < 1.29 is 9.47 Å². The van der Waals surface area contributed by atoms with Crippen LogP contribution in [0.15, 0.2) is 45.9 Å². The lowest BCUT2D eigenvalue weighted by atomic mass is 10.1. The third-order valence-corrected chi connectivity index (χ3v) is 4.07. The van der Waals surface area contributed by atoms with Gasteiger partial charge in [0, 0.05) is 5.56 Å². The first-order chi connectivity index (χ1) is 11.6. The van der Waals surface area contributed by atoms with E-state index >= 15 is 0 Å². The zero-order chi connectivity index (χ0) is 17.5. The summed E-state index contributed by atoms with van der Waals surface area (Å²) in [6.45, 7) is 4.69. The number of ether oxygens (including phenoxy) is 2. The number of aliphatic imine (C=N–C) groups is 1. The predicted molar refractivity (Wildman–Crippen MR) is 101 cm³/mol. The minimum Gasteiger partial charge on any atom is -0.496 e. The number of nitrogens with one attached hydrogen (secondary N) is 1. The SMILES string of the molecule is CCCOc1ccccc1N=C(NN)c1cc(Br)c(OC)cc1C. The van der Waals surface area contributed by atoms with Gasteiger partial charge in [0.2, 0.25) is 0 Å². The molecule has 0 radical (unpaired) electrons. The van der Waals surface area contributed by atoms with E-state index in [2.05, 4.69) is 33.3 Å². The Balaban J connectivity index is 2.46. The number of aryl methyl sites for hydroxylation is 1. The van der Waals surface area contributed by atoms with E-state index in [0.717, 1.165) is 39.2 Å². The Kier molecular flexibility index (Phi) is 6.63. The van der Waals surface area contributed by atoms with E-state index in [1.165, 1.54) is 0 Å². The van der Waals surface area contributed by atoms with Gasteiger partial charge in [0.15, 0.2) is 0 Å². The Morgan fingerprint density at radius 1 is 1.25 bits per heavy atom. The Labute approximate surface area is 151 Å². The number of methoxy groups -OCH3 is 1. The number of rotatable bonds is 6. The van der Waals surface area contributed by atoms with Gasteiger partial charge in [0.1, 0.15) is 23.0 Å². The zero-order valence-corrected chi connectivity index (χ0v) is 15.7. The third kappa shape index (κ3) is 4.27. The lowest BCUT2D eigenvalue weighted by molar-refractivity contribution is 0.318. The van der Waals surface area contributed by atoms with Crippen LogP contribution >= 0.6 is 15.9 Å². The van der Waals surface area contributed by atoms with E-state index in [0.29, 0.717) is 12.4 Å². The normalized spacial score (nSPS) is 11.3. The standard InChI is InChI=1S/C18H22BrN3O2/c1-4-9-24-16-8-6-5-7-15(16)21-18(22-20)13-11-14(19)17(23-3)10-12(13)2/h5-8,10-11H,4,9,20H2,1-3H3,(H,21,22). The van der Waals surface area contributed by atoms with Crippen molar-refractivity contribution in [1.82, 2.24) is 5.43 Å².